The van der Waals surface area contributed by atoms with Gasteiger partial charge >= 0.3 is 5.97 Å². The second-order valence-corrected chi connectivity index (χ2v) is 7.16. The first-order valence-electron chi connectivity index (χ1n) is 9.17. The molecule has 1 aromatic carbocycles. The maximum absolute atomic E-state index is 11.1. The van der Waals surface area contributed by atoms with Gasteiger partial charge in [-0.05, 0) is 42.8 Å². The summed E-state index contributed by atoms with van der Waals surface area (Å²) in [4.78, 5) is 34.0. The summed E-state index contributed by atoms with van der Waals surface area (Å²) < 4.78 is 0. The first-order valence-corrected chi connectivity index (χ1v) is 9.17. The Labute approximate surface area is 171 Å². The van der Waals surface area contributed by atoms with Crippen LogP contribution in [0.25, 0.3) is 33.3 Å². The molecule has 8 heteroatoms. The lowest BCUT2D eigenvalue weighted by Crippen LogP contribution is -2.46. The van der Waals surface area contributed by atoms with Crippen molar-refractivity contribution in [2.24, 2.45) is 5.73 Å². The highest BCUT2D eigenvalue weighted by Gasteiger charge is 2.17. The average Bonchev–Trinajstić information content (AvgIpc) is 3.17. The zero-order valence-corrected chi connectivity index (χ0v) is 16.1. The van der Waals surface area contributed by atoms with Gasteiger partial charge in [-0.3, -0.25) is 4.79 Å². The molecular formula is C22H19N5O3. The number of nitrogens with zero attached hydrogens (tertiary/aromatic N) is 2. The third kappa shape index (κ3) is 3.76. The number of H-pyrrole nitrogens is 1. The van der Waals surface area contributed by atoms with E-state index in [1.54, 1.807) is 49.6 Å². The fourth-order valence-electron chi connectivity index (χ4n) is 3.14. The van der Waals surface area contributed by atoms with E-state index in [9.17, 15) is 9.59 Å². The van der Waals surface area contributed by atoms with Crippen LogP contribution in [-0.2, 0) is 4.79 Å². The molecule has 150 valence electrons. The molecule has 0 saturated heterocycles. The summed E-state index contributed by atoms with van der Waals surface area (Å²) in [6, 6.07) is 12.3. The van der Waals surface area contributed by atoms with Gasteiger partial charge in [-0.15, -0.1) is 0 Å². The number of nitrogens with one attached hydrogen (secondary N) is 2. The van der Waals surface area contributed by atoms with Crippen molar-refractivity contribution in [3.63, 3.8) is 0 Å². The molecule has 0 fully saturated rings. The van der Waals surface area contributed by atoms with Gasteiger partial charge in [0.05, 0.1) is 5.56 Å². The number of fused-ring (bicyclic) bond motifs is 1. The highest BCUT2D eigenvalue weighted by molar-refractivity contribution is 5.96. The van der Waals surface area contributed by atoms with Gasteiger partial charge in [0, 0.05) is 40.7 Å². The fourth-order valence-corrected chi connectivity index (χ4v) is 3.14. The van der Waals surface area contributed by atoms with Crippen LogP contribution in [0.5, 0.6) is 0 Å². The molecule has 3 heterocycles. The monoisotopic (exact) mass is 401 g/mol. The maximum atomic E-state index is 11.1. The molecule has 0 spiro atoms. The van der Waals surface area contributed by atoms with Crippen molar-refractivity contribution in [1.82, 2.24) is 15.0 Å². The van der Waals surface area contributed by atoms with Gasteiger partial charge in [0.2, 0.25) is 0 Å². The van der Waals surface area contributed by atoms with Gasteiger partial charge in [-0.1, -0.05) is 12.1 Å². The Morgan fingerprint density at radius 2 is 1.80 bits per heavy atom. The highest BCUT2D eigenvalue weighted by Crippen LogP contribution is 2.31. The molecule has 1 atom stereocenters. The second kappa shape index (κ2) is 7.41. The number of aldehydes is 1. The number of anilines is 1. The minimum absolute atomic E-state index is 0.236. The molecule has 0 aliphatic carbocycles. The molecule has 0 amide bonds. The first-order chi connectivity index (χ1) is 14.4. The number of carboxylic acid groups (broad SMARTS) is 1. The third-order valence-corrected chi connectivity index (χ3v) is 4.71. The van der Waals surface area contributed by atoms with Crippen molar-refractivity contribution in [3.8, 4) is 22.3 Å². The molecule has 30 heavy (non-hydrogen) atoms. The minimum atomic E-state index is -1.19. The van der Waals surface area contributed by atoms with E-state index in [1.807, 2.05) is 18.3 Å². The van der Waals surface area contributed by atoms with Gasteiger partial charge in [0.15, 0.2) is 6.29 Å². The normalized spacial score (nSPS) is 13.0. The molecule has 0 unspecified atom stereocenters. The van der Waals surface area contributed by atoms with E-state index < -0.39 is 11.6 Å². The molecule has 4 aromatic rings. The number of benzene rings is 1. The topological polar surface area (TPSA) is 134 Å². The Morgan fingerprint density at radius 1 is 1.10 bits per heavy atom. The predicted molar refractivity (Wildman–Crippen MR) is 114 cm³/mol. The van der Waals surface area contributed by atoms with Crippen LogP contribution in [0.3, 0.4) is 0 Å². The van der Waals surface area contributed by atoms with Crippen LogP contribution in [0.1, 0.15) is 17.3 Å². The summed E-state index contributed by atoms with van der Waals surface area (Å²) in [6.45, 7) is 1.56. The molecule has 8 nitrogen and oxygen atoms in total. The first kappa shape index (κ1) is 19.3. The molecule has 4 rings (SSSR count). The van der Waals surface area contributed by atoms with Gasteiger partial charge in [0.25, 0.3) is 0 Å². The number of pyridine rings is 2. The van der Waals surface area contributed by atoms with Gasteiger partial charge in [0.1, 0.15) is 17.1 Å². The molecule has 0 saturated carbocycles. The van der Waals surface area contributed by atoms with Gasteiger partial charge < -0.3 is 21.1 Å². The lowest BCUT2D eigenvalue weighted by Gasteiger charge is -2.19. The van der Waals surface area contributed by atoms with Crippen LogP contribution in [0.15, 0.2) is 61.1 Å². The van der Waals surface area contributed by atoms with Crippen LogP contribution in [-0.4, -0.2) is 38.0 Å². The van der Waals surface area contributed by atoms with E-state index in [0.29, 0.717) is 12.1 Å². The van der Waals surface area contributed by atoms with E-state index >= 15 is 0 Å². The van der Waals surface area contributed by atoms with Crippen molar-refractivity contribution in [1.29, 1.82) is 0 Å². The van der Waals surface area contributed by atoms with E-state index in [0.717, 1.165) is 33.3 Å². The fraction of sp³-hybridized carbons (Fsp3) is 0.0909. The second-order valence-electron chi connectivity index (χ2n) is 7.16. The van der Waals surface area contributed by atoms with E-state index in [-0.39, 0.29) is 5.56 Å². The van der Waals surface area contributed by atoms with Crippen molar-refractivity contribution < 1.29 is 14.7 Å². The largest absolute Gasteiger partial charge is 0.478 e. The zero-order chi connectivity index (χ0) is 21.3. The number of carbonyl (C=O) groups is 2. The van der Waals surface area contributed by atoms with Crippen LogP contribution >= 0.6 is 0 Å². The smallest absolute Gasteiger partial charge is 0.335 e. The number of nitrogens with two attached hydrogens (primary N) is 1. The molecule has 3 aromatic heterocycles. The van der Waals surface area contributed by atoms with Crippen molar-refractivity contribution in [2.75, 3.05) is 5.32 Å². The molecule has 0 radical (unpaired) electrons. The standard InChI is InChI=1S/C22H19N5O3/c1-22(23,12-28)27-19-7-6-15(9-24-19)16-8-17-18(11-26-20(17)25-10-16)13-2-4-14(5-3-13)21(29)30/h2-12H,23H2,1H3,(H,24,27)(H,25,26)(H,29,30)/t22-/m0/s1. The van der Waals surface area contributed by atoms with Gasteiger partial charge in [-0.2, -0.15) is 0 Å². The Balaban J connectivity index is 1.67. The minimum Gasteiger partial charge on any atom is -0.478 e. The lowest BCUT2D eigenvalue weighted by molar-refractivity contribution is -0.111. The number of carbonyl (C=O) groups excluding carboxylic acids is 1. The summed E-state index contributed by atoms with van der Waals surface area (Å²) in [7, 11) is 0. The van der Waals surface area contributed by atoms with Crippen molar-refractivity contribution >= 4 is 29.1 Å². The number of aromatic amines is 1. The number of hydrogen-bond acceptors (Lipinski definition) is 6. The summed E-state index contributed by atoms with van der Waals surface area (Å²) in [6.07, 6.45) is 5.90. The van der Waals surface area contributed by atoms with E-state index in [4.69, 9.17) is 10.8 Å². The number of rotatable bonds is 6. The predicted octanol–water partition coefficient (Wildman–Crippen LogP) is 3.28. The Hall–Kier alpha value is -4.04. The number of carboxylic acids is 1. The summed E-state index contributed by atoms with van der Waals surface area (Å²) >= 11 is 0. The molecule has 5 N–H and O–H groups in total. The maximum Gasteiger partial charge on any atom is 0.335 e. The highest BCUT2D eigenvalue weighted by atomic mass is 16.4. The quantitative estimate of drug-likeness (QED) is 0.288. The SMILES string of the molecule is C[C@@](N)(C=O)Nc1ccc(-c2cnc3[nH]cc(-c4ccc(C(=O)O)cc4)c3c2)cn1. The van der Waals surface area contributed by atoms with Crippen LogP contribution in [0.2, 0.25) is 0 Å². The molecule has 0 aliphatic heterocycles. The van der Waals surface area contributed by atoms with E-state index in [2.05, 4.69) is 20.3 Å². The van der Waals surface area contributed by atoms with Gasteiger partial charge in [-0.25, -0.2) is 14.8 Å². The van der Waals surface area contributed by atoms with Crippen LogP contribution in [0, 0.1) is 0 Å². The molecule has 0 aliphatic rings. The van der Waals surface area contributed by atoms with Crippen LogP contribution in [0.4, 0.5) is 5.82 Å². The summed E-state index contributed by atoms with van der Waals surface area (Å²) in [5, 5.41) is 12.8. The third-order valence-electron chi connectivity index (χ3n) is 4.71. The molecular weight excluding hydrogens is 382 g/mol. The van der Waals surface area contributed by atoms with Crippen molar-refractivity contribution in [3.05, 3.63) is 66.6 Å². The average molecular weight is 401 g/mol. The zero-order valence-electron chi connectivity index (χ0n) is 16.1. The number of aromatic carboxylic acids is 1. The number of hydrogen-bond donors (Lipinski definition) is 4. The van der Waals surface area contributed by atoms with Crippen LogP contribution < -0.4 is 11.1 Å². The lowest BCUT2D eigenvalue weighted by atomic mass is 10.0. The summed E-state index contributed by atoms with van der Waals surface area (Å²) in [5.74, 6) is -0.469. The summed E-state index contributed by atoms with van der Waals surface area (Å²) in [5.41, 5.74) is 9.09. The van der Waals surface area contributed by atoms with E-state index in [1.165, 1.54) is 0 Å². The Kier molecular flexibility index (Phi) is 4.77. The van der Waals surface area contributed by atoms with Crippen molar-refractivity contribution in [2.45, 2.75) is 12.6 Å². The Bertz CT molecular complexity index is 1230. The Morgan fingerprint density at radius 3 is 2.43 bits per heavy atom. The number of aromatic nitrogens is 3. The molecule has 0 bridgehead atoms.